The number of nitro benzene ring substituents is 1. The predicted octanol–water partition coefficient (Wildman–Crippen LogP) is 3.80. The number of halogens is 1. The smallest absolute Gasteiger partial charge is 0.270 e. The average Bonchev–Trinajstić information content (AvgIpc) is 2.67. The third-order valence-electron chi connectivity index (χ3n) is 3.22. The average molecular weight is 346 g/mol. The van der Waals surface area contributed by atoms with Crippen LogP contribution in [0.5, 0.6) is 0 Å². The molecule has 0 heterocycles. The fourth-order valence-electron chi connectivity index (χ4n) is 2.29. The van der Waals surface area contributed by atoms with E-state index < -0.39 is 0 Å². The van der Waals surface area contributed by atoms with E-state index in [1.807, 2.05) is 6.07 Å². The Bertz CT molecular complexity index is 437. The Morgan fingerprint density at radius 2 is 2.24 bits per heavy atom. The maximum Gasteiger partial charge on any atom is 0.270 e. The molecule has 1 N–H and O–H groups in total. The van der Waals surface area contributed by atoms with Gasteiger partial charge in [0.25, 0.3) is 5.69 Å². The van der Waals surface area contributed by atoms with Gasteiger partial charge in [-0.25, -0.2) is 0 Å². The third-order valence-corrected chi connectivity index (χ3v) is 4.11. The van der Waals surface area contributed by atoms with Crippen molar-refractivity contribution in [1.82, 2.24) is 0 Å². The minimum atomic E-state index is -0.358. The quantitative estimate of drug-likeness (QED) is 0.515. The molecule has 2 unspecified atom stereocenters. The minimum absolute atomic E-state index is 0.153. The number of anilines is 1. The first-order chi connectivity index (χ1) is 8.06. The van der Waals surface area contributed by atoms with Gasteiger partial charge in [0.05, 0.1) is 4.92 Å². The Morgan fingerprint density at radius 3 is 2.76 bits per heavy atom. The molecule has 92 valence electrons. The molecule has 0 saturated heterocycles. The second kappa shape index (κ2) is 5.20. The van der Waals surface area contributed by atoms with Crippen LogP contribution in [0.1, 0.15) is 26.2 Å². The lowest BCUT2D eigenvalue weighted by Gasteiger charge is -2.15. The van der Waals surface area contributed by atoms with Gasteiger partial charge in [0.1, 0.15) is 0 Å². The highest BCUT2D eigenvalue weighted by Gasteiger charge is 2.21. The van der Waals surface area contributed by atoms with Gasteiger partial charge in [-0.3, -0.25) is 10.1 Å². The van der Waals surface area contributed by atoms with Crippen molar-refractivity contribution >= 4 is 34.0 Å². The van der Waals surface area contributed by atoms with Crippen LogP contribution >= 0.6 is 22.6 Å². The number of benzene rings is 1. The molecule has 1 aliphatic rings. The van der Waals surface area contributed by atoms with Crippen LogP contribution < -0.4 is 5.32 Å². The minimum Gasteiger partial charge on any atom is -0.381 e. The van der Waals surface area contributed by atoms with E-state index in [1.54, 1.807) is 12.1 Å². The molecule has 1 aliphatic carbocycles. The van der Waals surface area contributed by atoms with E-state index in [0.717, 1.165) is 15.2 Å². The van der Waals surface area contributed by atoms with Crippen molar-refractivity contribution in [3.63, 3.8) is 0 Å². The Morgan fingerprint density at radius 1 is 1.47 bits per heavy atom. The van der Waals surface area contributed by atoms with Gasteiger partial charge in [-0.2, -0.15) is 0 Å². The predicted molar refractivity (Wildman–Crippen MR) is 76.2 cm³/mol. The van der Waals surface area contributed by atoms with E-state index in [0.29, 0.717) is 6.04 Å². The topological polar surface area (TPSA) is 55.2 Å². The summed E-state index contributed by atoms with van der Waals surface area (Å²) in [5.41, 5.74) is 1.16. The van der Waals surface area contributed by atoms with Crippen LogP contribution in [0.4, 0.5) is 11.4 Å². The summed E-state index contributed by atoms with van der Waals surface area (Å²) in [7, 11) is 0. The van der Waals surface area contributed by atoms with E-state index in [9.17, 15) is 10.1 Å². The van der Waals surface area contributed by atoms with Crippen LogP contribution in [-0.4, -0.2) is 11.0 Å². The maximum atomic E-state index is 10.6. The van der Waals surface area contributed by atoms with E-state index in [2.05, 4.69) is 34.8 Å². The van der Waals surface area contributed by atoms with Gasteiger partial charge in [-0.15, -0.1) is 0 Å². The van der Waals surface area contributed by atoms with Crippen molar-refractivity contribution in [3.05, 3.63) is 31.9 Å². The fraction of sp³-hybridized carbons (Fsp3) is 0.500. The lowest BCUT2D eigenvalue weighted by Crippen LogP contribution is -2.16. The van der Waals surface area contributed by atoms with Crippen LogP contribution in [0.15, 0.2) is 18.2 Å². The zero-order chi connectivity index (χ0) is 12.4. The summed E-state index contributed by atoms with van der Waals surface area (Å²) in [4.78, 5) is 10.3. The summed E-state index contributed by atoms with van der Waals surface area (Å²) in [5, 5.41) is 14.1. The Hall–Kier alpha value is -0.850. The van der Waals surface area contributed by atoms with Crippen LogP contribution in [0.2, 0.25) is 0 Å². The van der Waals surface area contributed by atoms with Crippen molar-refractivity contribution in [1.29, 1.82) is 0 Å². The summed E-state index contributed by atoms with van der Waals surface area (Å²) in [6, 6.07) is 5.49. The Balaban J connectivity index is 2.09. The largest absolute Gasteiger partial charge is 0.381 e. The number of rotatable bonds is 3. The summed E-state index contributed by atoms with van der Waals surface area (Å²) in [6.07, 6.45) is 3.64. The van der Waals surface area contributed by atoms with Gasteiger partial charge in [0.2, 0.25) is 0 Å². The zero-order valence-corrected chi connectivity index (χ0v) is 11.8. The molecule has 2 atom stereocenters. The summed E-state index contributed by atoms with van der Waals surface area (Å²) in [6.45, 7) is 2.27. The molecule has 0 bridgehead atoms. The molecule has 2 rings (SSSR count). The number of hydrogen-bond acceptors (Lipinski definition) is 3. The lowest BCUT2D eigenvalue weighted by atomic mass is 10.1. The highest BCUT2D eigenvalue weighted by molar-refractivity contribution is 14.1. The Kier molecular flexibility index (Phi) is 3.86. The molecule has 1 saturated carbocycles. The molecule has 1 aromatic carbocycles. The van der Waals surface area contributed by atoms with Gasteiger partial charge < -0.3 is 5.32 Å². The molecular weight excluding hydrogens is 331 g/mol. The number of nitro groups is 1. The van der Waals surface area contributed by atoms with Crippen molar-refractivity contribution in [3.8, 4) is 0 Å². The first-order valence-corrected chi connectivity index (χ1v) is 6.84. The second-order valence-corrected chi connectivity index (χ2v) is 5.84. The van der Waals surface area contributed by atoms with Crippen LogP contribution in [0.25, 0.3) is 0 Å². The normalized spacial score (nSPS) is 23.6. The van der Waals surface area contributed by atoms with Crippen molar-refractivity contribution in [2.45, 2.75) is 32.2 Å². The molecule has 1 aromatic rings. The first-order valence-electron chi connectivity index (χ1n) is 5.76. The first kappa shape index (κ1) is 12.6. The molecular formula is C12H15IN2O2. The fourth-order valence-corrected chi connectivity index (χ4v) is 2.95. The highest BCUT2D eigenvalue weighted by atomic mass is 127. The highest BCUT2D eigenvalue weighted by Crippen LogP contribution is 2.30. The van der Waals surface area contributed by atoms with E-state index in [-0.39, 0.29) is 10.6 Å². The van der Waals surface area contributed by atoms with E-state index in [4.69, 9.17) is 0 Å². The molecule has 0 aliphatic heterocycles. The zero-order valence-electron chi connectivity index (χ0n) is 9.65. The van der Waals surface area contributed by atoms with E-state index >= 15 is 0 Å². The standard InChI is InChI=1S/C12H15IN2O2/c1-8-2-3-9(6-8)14-12-5-4-10(15(16)17)7-11(12)13/h4-5,7-9,14H,2-3,6H2,1H3. The van der Waals surface area contributed by atoms with Crippen LogP contribution in [0.3, 0.4) is 0 Å². The number of hydrogen-bond donors (Lipinski definition) is 1. The van der Waals surface area contributed by atoms with Crippen molar-refractivity contribution in [2.24, 2.45) is 5.92 Å². The monoisotopic (exact) mass is 346 g/mol. The lowest BCUT2D eigenvalue weighted by molar-refractivity contribution is -0.384. The SMILES string of the molecule is CC1CCC(Nc2ccc([N+](=O)[O-])cc2I)C1. The second-order valence-electron chi connectivity index (χ2n) is 4.68. The van der Waals surface area contributed by atoms with Gasteiger partial charge in [-0.05, 0) is 53.8 Å². The molecule has 0 aromatic heterocycles. The van der Waals surface area contributed by atoms with E-state index in [1.165, 1.54) is 19.3 Å². The van der Waals surface area contributed by atoms with Gasteiger partial charge in [0, 0.05) is 27.4 Å². The third kappa shape index (κ3) is 3.08. The Labute approximate surface area is 114 Å². The molecule has 0 spiro atoms. The molecule has 17 heavy (non-hydrogen) atoms. The summed E-state index contributed by atoms with van der Waals surface area (Å²) >= 11 is 2.14. The molecule has 4 nitrogen and oxygen atoms in total. The van der Waals surface area contributed by atoms with Gasteiger partial charge >= 0.3 is 0 Å². The van der Waals surface area contributed by atoms with Crippen molar-refractivity contribution < 1.29 is 4.92 Å². The number of nitrogens with zero attached hydrogens (tertiary/aromatic N) is 1. The molecule has 0 amide bonds. The molecule has 1 fully saturated rings. The van der Waals surface area contributed by atoms with Crippen molar-refractivity contribution in [2.75, 3.05) is 5.32 Å². The number of nitrogens with one attached hydrogen (secondary N) is 1. The van der Waals surface area contributed by atoms with Gasteiger partial charge in [0.15, 0.2) is 0 Å². The molecule has 5 heteroatoms. The summed E-state index contributed by atoms with van der Waals surface area (Å²) in [5.74, 6) is 0.781. The maximum absolute atomic E-state index is 10.6. The van der Waals surface area contributed by atoms with Crippen LogP contribution in [-0.2, 0) is 0 Å². The van der Waals surface area contributed by atoms with Crippen LogP contribution in [0, 0.1) is 19.6 Å². The number of non-ortho nitro benzene ring substituents is 1. The van der Waals surface area contributed by atoms with Gasteiger partial charge in [-0.1, -0.05) is 6.92 Å². The molecule has 0 radical (unpaired) electrons. The summed E-state index contributed by atoms with van der Waals surface area (Å²) < 4.78 is 0.913.